The first-order valence-corrected chi connectivity index (χ1v) is 17.5. The first-order chi connectivity index (χ1) is 22.8. The molecule has 0 aromatic heterocycles. The second-order valence-electron chi connectivity index (χ2n) is 14.6. The summed E-state index contributed by atoms with van der Waals surface area (Å²) in [6.07, 6.45) is 2.26. The van der Waals surface area contributed by atoms with Gasteiger partial charge < -0.3 is 14.4 Å². The van der Waals surface area contributed by atoms with Crippen molar-refractivity contribution >= 4 is 39.8 Å². The summed E-state index contributed by atoms with van der Waals surface area (Å²) in [5.41, 5.74) is 5.59. The molecule has 9 heteroatoms. The zero-order valence-electron chi connectivity index (χ0n) is 28.1. The van der Waals surface area contributed by atoms with Gasteiger partial charge >= 0.3 is 0 Å². The molecule has 1 aliphatic heterocycles. The van der Waals surface area contributed by atoms with Crippen molar-refractivity contribution in [2.24, 2.45) is 10.8 Å². The van der Waals surface area contributed by atoms with Gasteiger partial charge in [0.25, 0.3) is 5.69 Å². The maximum absolute atomic E-state index is 14.3. The molecule has 3 aliphatic rings. The van der Waals surface area contributed by atoms with E-state index in [9.17, 15) is 19.7 Å². The highest BCUT2D eigenvalue weighted by atomic mass is 127. The Morgan fingerprint density at radius 3 is 2.02 bits per heavy atom. The van der Waals surface area contributed by atoms with Crippen molar-refractivity contribution in [3.8, 4) is 11.5 Å². The van der Waals surface area contributed by atoms with Crippen LogP contribution in [0.5, 0.6) is 11.5 Å². The van der Waals surface area contributed by atoms with Gasteiger partial charge in [-0.25, -0.2) is 0 Å². The number of nitro benzene ring substituents is 1. The average Bonchev–Trinajstić information content (AvgIpc) is 3.01. The fourth-order valence-corrected chi connectivity index (χ4v) is 8.19. The Bertz CT molecular complexity index is 1810. The van der Waals surface area contributed by atoms with Crippen LogP contribution < -0.4 is 9.47 Å². The predicted octanol–water partition coefficient (Wildman–Crippen LogP) is 9.06. The Morgan fingerprint density at radius 2 is 1.44 bits per heavy atom. The average molecular weight is 761 g/mol. The maximum Gasteiger partial charge on any atom is 0.269 e. The third kappa shape index (κ3) is 6.79. The van der Waals surface area contributed by atoms with Gasteiger partial charge in [-0.15, -0.1) is 0 Å². The van der Waals surface area contributed by atoms with Crippen molar-refractivity contribution in [1.82, 2.24) is 4.90 Å². The molecule has 3 aromatic carbocycles. The molecule has 6 rings (SSSR count). The lowest BCUT2D eigenvalue weighted by Gasteiger charge is -2.49. The van der Waals surface area contributed by atoms with E-state index in [0.717, 1.165) is 38.9 Å². The molecule has 0 unspecified atom stereocenters. The number of benzene rings is 3. The van der Waals surface area contributed by atoms with Gasteiger partial charge in [-0.1, -0.05) is 70.2 Å². The number of Topliss-reactive ketones (excluding diaryl/α,β-unsaturated/α-hetero) is 2. The molecule has 48 heavy (non-hydrogen) atoms. The van der Waals surface area contributed by atoms with Gasteiger partial charge in [0.05, 0.1) is 15.1 Å². The molecule has 3 aromatic rings. The van der Waals surface area contributed by atoms with E-state index in [1.807, 2.05) is 37.3 Å². The monoisotopic (exact) mass is 760 g/mol. The number of hydrogen-bond donors (Lipinski definition) is 0. The number of allylic oxidation sites excluding steroid dienone is 4. The van der Waals surface area contributed by atoms with Crippen LogP contribution >= 0.6 is 22.6 Å². The Hall–Kier alpha value is -3.99. The lowest BCUT2D eigenvalue weighted by atomic mass is 9.63. The van der Waals surface area contributed by atoms with Crippen LogP contribution in [0.1, 0.15) is 82.9 Å². The van der Waals surface area contributed by atoms with Crippen molar-refractivity contribution in [3.05, 3.63) is 120 Å². The number of rotatable bonds is 9. The van der Waals surface area contributed by atoms with Gasteiger partial charge in [0, 0.05) is 60.0 Å². The summed E-state index contributed by atoms with van der Waals surface area (Å²) in [7, 11) is 0. The Labute approximate surface area is 295 Å². The number of ketones is 2. The standard InChI is InChI=1S/C39H41IN2O6/c1-6-47-33-17-26(16-28(40)37(33)48-23-25-13-10-14-27(15-25)42(45)46)34-35-29(18-38(2,3)20-31(35)43)41(22-24-11-8-7-9-12-24)30-19-39(4,5)21-32(44)36(30)34/h7-17,34H,6,18-23H2,1-5H3. The van der Waals surface area contributed by atoms with Crippen LogP contribution in [0, 0.1) is 24.5 Å². The molecule has 0 N–H and O–H groups in total. The topological polar surface area (TPSA) is 99.0 Å². The quantitative estimate of drug-likeness (QED) is 0.122. The first kappa shape index (κ1) is 33.9. The second kappa shape index (κ2) is 13.1. The van der Waals surface area contributed by atoms with Crippen LogP contribution in [-0.2, 0) is 22.7 Å². The molecule has 8 nitrogen and oxygen atoms in total. The first-order valence-electron chi connectivity index (χ1n) is 16.4. The largest absolute Gasteiger partial charge is 0.490 e. The molecule has 250 valence electrons. The van der Waals surface area contributed by atoms with Gasteiger partial charge in [-0.05, 0) is 82.0 Å². The Kier molecular flexibility index (Phi) is 9.28. The number of ether oxygens (including phenoxy) is 2. The van der Waals surface area contributed by atoms with Crippen molar-refractivity contribution < 1.29 is 24.0 Å². The summed E-state index contributed by atoms with van der Waals surface area (Å²) in [6, 6.07) is 20.5. The lowest BCUT2D eigenvalue weighted by molar-refractivity contribution is -0.384. The zero-order valence-corrected chi connectivity index (χ0v) is 30.3. The van der Waals surface area contributed by atoms with Gasteiger partial charge in [0.2, 0.25) is 0 Å². The number of non-ortho nitro benzene ring substituents is 1. The molecule has 0 spiro atoms. The number of carbonyl (C=O) groups is 2. The summed E-state index contributed by atoms with van der Waals surface area (Å²) in [5, 5.41) is 11.3. The predicted molar refractivity (Wildman–Crippen MR) is 193 cm³/mol. The summed E-state index contributed by atoms with van der Waals surface area (Å²) in [6.45, 7) is 11.6. The van der Waals surface area contributed by atoms with E-state index < -0.39 is 10.8 Å². The molecule has 1 heterocycles. The minimum Gasteiger partial charge on any atom is -0.490 e. The van der Waals surface area contributed by atoms with Gasteiger partial charge in [0.15, 0.2) is 23.1 Å². The zero-order chi connectivity index (χ0) is 34.4. The van der Waals surface area contributed by atoms with E-state index in [-0.39, 0.29) is 34.7 Å². The summed E-state index contributed by atoms with van der Waals surface area (Å²) < 4.78 is 13.2. The number of nitrogens with zero attached hydrogens (tertiary/aromatic N) is 2. The second-order valence-corrected chi connectivity index (χ2v) is 15.7. The van der Waals surface area contributed by atoms with Crippen LogP contribution in [0.3, 0.4) is 0 Å². The Balaban J connectivity index is 1.49. The van der Waals surface area contributed by atoms with Crippen LogP contribution in [0.15, 0.2) is 89.3 Å². The van der Waals surface area contributed by atoms with E-state index in [1.54, 1.807) is 12.1 Å². The van der Waals surface area contributed by atoms with Crippen LogP contribution in [0.25, 0.3) is 0 Å². The van der Waals surface area contributed by atoms with Gasteiger partial charge in [0.1, 0.15) is 6.61 Å². The van der Waals surface area contributed by atoms with Crippen molar-refractivity contribution in [1.29, 1.82) is 0 Å². The van der Waals surface area contributed by atoms with Crippen molar-refractivity contribution in [2.75, 3.05) is 6.61 Å². The van der Waals surface area contributed by atoms with Crippen LogP contribution in [0.4, 0.5) is 5.69 Å². The van der Waals surface area contributed by atoms with E-state index in [1.165, 1.54) is 12.1 Å². The third-order valence-electron chi connectivity index (χ3n) is 9.37. The summed E-state index contributed by atoms with van der Waals surface area (Å²) >= 11 is 2.22. The molecule has 0 atom stereocenters. The summed E-state index contributed by atoms with van der Waals surface area (Å²) in [4.78, 5) is 41.8. The number of nitro groups is 1. The van der Waals surface area contributed by atoms with E-state index in [4.69, 9.17) is 9.47 Å². The highest BCUT2D eigenvalue weighted by Gasteiger charge is 2.49. The number of halogens is 1. The van der Waals surface area contributed by atoms with E-state index in [2.05, 4.69) is 67.3 Å². The fraction of sp³-hybridized carbons (Fsp3) is 0.385. The molecule has 0 saturated carbocycles. The maximum atomic E-state index is 14.3. The molecule has 2 aliphatic carbocycles. The number of hydrogen-bond acceptors (Lipinski definition) is 7. The van der Waals surface area contributed by atoms with Gasteiger partial charge in [-0.3, -0.25) is 19.7 Å². The minimum atomic E-state index is -0.521. The Morgan fingerprint density at radius 1 is 0.833 bits per heavy atom. The minimum absolute atomic E-state index is 0.00130. The fourth-order valence-electron chi connectivity index (χ4n) is 7.41. The normalized spacial score (nSPS) is 18.8. The van der Waals surface area contributed by atoms with Crippen LogP contribution in [-0.4, -0.2) is 28.0 Å². The van der Waals surface area contributed by atoms with E-state index >= 15 is 0 Å². The molecule has 0 bridgehead atoms. The van der Waals surface area contributed by atoms with Crippen molar-refractivity contribution in [3.63, 3.8) is 0 Å². The molecule has 0 amide bonds. The third-order valence-corrected chi connectivity index (χ3v) is 10.2. The smallest absolute Gasteiger partial charge is 0.269 e. The molecule has 0 fully saturated rings. The highest BCUT2D eigenvalue weighted by Crippen LogP contribution is 2.55. The molecule has 0 saturated heterocycles. The summed E-state index contributed by atoms with van der Waals surface area (Å²) in [5.74, 6) is 0.658. The molecule has 0 radical (unpaired) electrons. The van der Waals surface area contributed by atoms with E-state index in [0.29, 0.717) is 54.2 Å². The lowest BCUT2D eigenvalue weighted by Crippen LogP contribution is -2.44. The van der Waals surface area contributed by atoms with Crippen molar-refractivity contribution in [2.45, 2.75) is 79.4 Å². The van der Waals surface area contributed by atoms with Gasteiger partial charge in [-0.2, -0.15) is 0 Å². The number of carbonyl (C=O) groups excluding carboxylic acids is 2. The highest BCUT2D eigenvalue weighted by molar-refractivity contribution is 14.1. The SMILES string of the molecule is CCOc1cc(C2C3=C(CC(C)(C)CC3=O)N(Cc3ccccc3)C3=C2C(=O)CC(C)(C)C3)cc(I)c1OCc1cccc([N+](=O)[O-])c1. The molecular formula is C39H41IN2O6. The molecular weight excluding hydrogens is 719 g/mol. The van der Waals surface area contributed by atoms with Crippen LogP contribution in [0.2, 0.25) is 0 Å².